The standard InChI is InChI=1S/C25H28FN9O/c1-14(23-29-9-6-10-30-23)31-22-18(25(36)33-16(13-28-2)20(22)27)24-32-15-7-8-17(19(26)21(15)34-24)35-11-4-3-5-12-35/h6-10,13-14,27-28,31H,3-5,11-12H2,1-2H3,(H,32,34)(H,33,36)/b16-13+,27-20?. The molecule has 1 atom stereocenters. The number of anilines is 1. The van der Waals surface area contributed by atoms with Gasteiger partial charge in [0.2, 0.25) is 0 Å². The van der Waals surface area contributed by atoms with Crippen molar-refractivity contribution in [3.05, 3.63) is 65.7 Å². The number of imidazole rings is 1. The summed E-state index contributed by atoms with van der Waals surface area (Å²) in [5.41, 5.74) is 1.88. The number of amides is 1. The first-order chi connectivity index (χ1) is 17.5. The van der Waals surface area contributed by atoms with Crippen LogP contribution in [0.4, 0.5) is 10.1 Å². The highest BCUT2D eigenvalue weighted by Gasteiger charge is 2.33. The molecular formula is C25H28FN9O. The molecule has 5 rings (SSSR count). The zero-order valence-corrected chi connectivity index (χ0v) is 20.2. The molecule has 10 nitrogen and oxygen atoms in total. The van der Waals surface area contributed by atoms with E-state index in [9.17, 15) is 4.79 Å². The lowest BCUT2D eigenvalue weighted by atomic mass is 10.0. The largest absolute Gasteiger partial charge is 0.392 e. The van der Waals surface area contributed by atoms with Crippen LogP contribution in [0.25, 0.3) is 16.6 Å². The molecule has 0 bridgehead atoms. The number of H-pyrrole nitrogens is 1. The Balaban J connectivity index is 1.60. The Morgan fingerprint density at radius 2 is 1.94 bits per heavy atom. The van der Waals surface area contributed by atoms with E-state index in [1.165, 1.54) is 6.20 Å². The van der Waals surface area contributed by atoms with Crippen LogP contribution in [-0.2, 0) is 4.79 Å². The molecule has 0 radical (unpaired) electrons. The summed E-state index contributed by atoms with van der Waals surface area (Å²) in [6.45, 7) is 3.45. The van der Waals surface area contributed by atoms with Crippen LogP contribution in [-0.4, -0.2) is 51.7 Å². The van der Waals surface area contributed by atoms with Crippen molar-refractivity contribution in [1.29, 1.82) is 5.41 Å². The molecule has 11 heteroatoms. The van der Waals surface area contributed by atoms with Crippen molar-refractivity contribution in [2.24, 2.45) is 0 Å². The average molecular weight is 490 g/mol. The van der Waals surface area contributed by atoms with Crippen molar-refractivity contribution >= 4 is 33.9 Å². The van der Waals surface area contributed by atoms with Gasteiger partial charge in [0.05, 0.1) is 28.6 Å². The average Bonchev–Trinajstić information content (AvgIpc) is 3.33. The summed E-state index contributed by atoms with van der Waals surface area (Å²) in [5, 5.41) is 17.6. The number of fused-ring (bicyclic) bond motifs is 1. The monoisotopic (exact) mass is 489 g/mol. The van der Waals surface area contributed by atoms with E-state index in [-0.39, 0.29) is 28.3 Å². The van der Waals surface area contributed by atoms with Crippen LogP contribution < -0.4 is 20.9 Å². The van der Waals surface area contributed by atoms with Crippen molar-refractivity contribution in [3.8, 4) is 0 Å². The minimum absolute atomic E-state index is 0.0525. The van der Waals surface area contributed by atoms with Crippen LogP contribution in [0.3, 0.4) is 0 Å². The zero-order valence-electron chi connectivity index (χ0n) is 20.2. The van der Waals surface area contributed by atoms with E-state index in [4.69, 9.17) is 5.41 Å². The highest BCUT2D eigenvalue weighted by atomic mass is 19.1. The van der Waals surface area contributed by atoms with Crippen molar-refractivity contribution in [1.82, 2.24) is 35.9 Å². The number of carbonyl (C=O) groups excluding carboxylic acids is 1. The fraction of sp³-hybridized carbons (Fsp3) is 0.320. The summed E-state index contributed by atoms with van der Waals surface area (Å²) in [6, 6.07) is 4.80. The van der Waals surface area contributed by atoms with Gasteiger partial charge >= 0.3 is 0 Å². The van der Waals surface area contributed by atoms with Gasteiger partial charge in [-0.25, -0.2) is 19.3 Å². The van der Waals surface area contributed by atoms with Crippen molar-refractivity contribution in [2.75, 3.05) is 25.0 Å². The Bertz CT molecular complexity index is 1370. The molecular weight excluding hydrogens is 461 g/mol. The van der Waals surface area contributed by atoms with E-state index in [2.05, 4.69) is 35.9 Å². The summed E-state index contributed by atoms with van der Waals surface area (Å²) in [4.78, 5) is 31.4. The fourth-order valence-corrected chi connectivity index (χ4v) is 4.59. The minimum Gasteiger partial charge on any atom is -0.392 e. The number of benzene rings is 1. The minimum atomic E-state index is -0.466. The van der Waals surface area contributed by atoms with Gasteiger partial charge in [-0.15, -0.1) is 0 Å². The molecule has 36 heavy (non-hydrogen) atoms. The highest BCUT2D eigenvalue weighted by Crippen LogP contribution is 2.31. The first-order valence-corrected chi connectivity index (χ1v) is 12.0. The highest BCUT2D eigenvalue weighted by molar-refractivity contribution is 6.33. The van der Waals surface area contributed by atoms with E-state index in [0.717, 1.165) is 32.4 Å². The quantitative estimate of drug-likeness (QED) is 0.359. The molecule has 1 aromatic carbocycles. The number of hydrogen-bond acceptors (Lipinski definition) is 8. The van der Waals surface area contributed by atoms with Gasteiger partial charge in [-0.05, 0) is 44.4 Å². The molecule has 1 amide bonds. The number of nitrogens with zero attached hydrogens (tertiary/aromatic N) is 4. The topological polar surface area (TPSA) is 135 Å². The molecule has 186 valence electrons. The molecule has 0 aliphatic carbocycles. The molecule has 5 N–H and O–H groups in total. The predicted octanol–water partition coefficient (Wildman–Crippen LogP) is 2.75. The second-order valence-electron chi connectivity index (χ2n) is 8.82. The van der Waals surface area contributed by atoms with Gasteiger partial charge < -0.3 is 25.8 Å². The van der Waals surface area contributed by atoms with Crippen LogP contribution in [0.5, 0.6) is 0 Å². The number of halogens is 1. The first-order valence-electron chi connectivity index (χ1n) is 12.0. The van der Waals surface area contributed by atoms with Crippen molar-refractivity contribution in [2.45, 2.75) is 32.2 Å². The summed E-state index contributed by atoms with van der Waals surface area (Å²) >= 11 is 0. The Morgan fingerprint density at radius 3 is 2.67 bits per heavy atom. The molecule has 0 spiro atoms. The molecule has 1 saturated heterocycles. The van der Waals surface area contributed by atoms with Gasteiger partial charge in [-0.2, -0.15) is 0 Å². The molecule has 0 saturated carbocycles. The van der Waals surface area contributed by atoms with E-state index in [1.54, 1.807) is 37.6 Å². The summed E-state index contributed by atoms with van der Waals surface area (Å²) < 4.78 is 15.6. The maximum absolute atomic E-state index is 15.6. The zero-order chi connectivity index (χ0) is 25.2. The molecule has 2 aliphatic heterocycles. The van der Waals surface area contributed by atoms with Gasteiger partial charge in [-0.3, -0.25) is 10.2 Å². The van der Waals surface area contributed by atoms with Crippen LogP contribution in [0.2, 0.25) is 0 Å². The molecule has 2 aromatic heterocycles. The number of rotatable bonds is 6. The van der Waals surface area contributed by atoms with Crippen LogP contribution in [0.1, 0.15) is 43.9 Å². The lowest BCUT2D eigenvalue weighted by molar-refractivity contribution is -0.115. The van der Waals surface area contributed by atoms with E-state index < -0.39 is 17.8 Å². The Hall–Kier alpha value is -4.28. The number of piperidine rings is 1. The molecule has 2 aliphatic rings. The molecule has 4 heterocycles. The third-order valence-electron chi connectivity index (χ3n) is 6.38. The third-order valence-corrected chi connectivity index (χ3v) is 6.38. The summed E-state index contributed by atoms with van der Waals surface area (Å²) in [5.74, 6) is -0.179. The van der Waals surface area contributed by atoms with Crippen LogP contribution >= 0.6 is 0 Å². The van der Waals surface area contributed by atoms with Gasteiger partial charge in [0.25, 0.3) is 5.91 Å². The van der Waals surface area contributed by atoms with Gasteiger partial charge in [0, 0.05) is 38.7 Å². The maximum atomic E-state index is 15.6. The Labute approximate surface area is 207 Å². The first kappa shape index (κ1) is 23.5. The van der Waals surface area contributed by atoms with Crippen LogP contribution in [0.15, 0.2) is 48.2 Å². The summed E-state index contributed by atoms with van der Waals surface area (Å²) in [7, 11) is 1.68. The van der Waals surface area contributed by atoms with Crippen molar-refractivity contribution < 1.29 is 9.18 Å². The van der Waals surface area contributed by atoms with Crippen molar-refractivity contribution in [3.63, 3.8) is 0 Å². The fourth-order valence-electron chi connectivity index (χ4n) is 4.59. The smallest absolute Gasteiger partial charge is 0.261 e. The lowest BCUT2D eigenvalue weighted by Gasteiger charge is -2.29. The summed E-state index contributed by atoms with van der Waals surface area (Å²) in [6.07, 6.45) is 8.00. The number of nitrogens with one attached hydrogen (secondary N) is 5. The van der Waals surface area contributed by atoms with Gasteiger partial charge in [0.15, 0.2) is 5.82 Å². The second kappa shape index (κ2) is 9.76. The SMILES string of the molecule is CN/C=C1/NC(=O)C(c2nc3ccc(N4CCCCC4)c(F)c3[nH]2)=C(NC(C)c2ncccn2)C1=N. The maximum Gasteiger partial charge on any atom is 0.261 e. The molecule has 1 fully saturated rings. The number of hydrogen-bond donors (Lipinski definition) is 5. The lowest BCUT2D eigenvalue weighted by Crippen LogP contribution is -2.41. The normalized spacial score (nSPS) is 18.5. The predicted molar refractivity (Wildman–Crippen MR) is 136 cm³/mol. The molecule has 1 unspecified atom stereocenters. The Kier molecular flexibility index (Phi) is 6.36. The Morgan fingerprint density at radius 1 is 1.19 bits per heavy atom. The van der Waals surface area contributed by atoms with E-state index in [1.807, 2.05) is 11.8 Å². The van der Waals surface area contributed by atoms with E-state index in [0.29, 0.717) is 22.7 Å². The number of aromatic nitrogens is 4. The number of carbonyl (C=O) groups is 1. The number of aromatic amines is 1. The second-order valence-corrected chi connectivity index (χ2v) is 8.82. The molecule has 3 aromatic rings. The van der Waals surface area contributed by atoms with E-state index >= 15 is 4.39 Å². The third kappa shape index (κ3) is 4.28. The van der Waals surface area contributed by atoms with Gasteiger partial charge in [-0.1, -0.05) is 0 Å². The van der Waals surface area contributed by atoms with Crippen LogP contribution in [0, 0.1) is 11.2 Å². The van der Waals surface area contributed by atoms with Gasteiger partial charge in [0.1, 0.15) is 28.5 Å².